The fourth-order valence-electron chi connectivity index (χ4n) is 4.64. The lowest BCUT2D eigenvalue weighted by Crippen LogP contribution is -2.50. The molecule has 1 saturated heterocycles. The summed E-state index contributed by atoms with van der Waals surface area (Å²) in [5.74, 6) is 0.884. The number of ether oxygens (including phenoxy) is 2. The van der Waals surface area contributed by atoms with E-state index in [0.717, 1.165) is 46.8 Å². The maximum Gasteiger partial charge on any atom is 0.407 e. The number of benzene rings is 1. The molecule has 0 spiro atoms. The van der Waals surface area contributed by atoms with Gasteiger partial charge in [0.05, 0.1) is 41.6 Å². The van der Waals surface area contributed by atoms with Crippen LogP contribution in [0.25, 0.3) is 10.2 Å². The van der Waals surface area contributed by atoms with Gasteiger partial charge in [0.25, 0.3) is 0 Å². The molecule has 1 aromatic carbocycles. The second kappa shape index (κ2) is 7.66. The van der Waals surface area contributed by atoms with Crippen LogP contribution in [-0.4, -0.2) is 56.5 Å². The van der Waals surface area contributed by atoms with Crippen molar-refractivity contribution in [1.82, 2.24) is 15.6 Å². The SMILES string of the molecule is C[Si](C)(C)CCOC(=O)N[C@H]1CC[C@@H]2NC(=O)N(c3nc4c5c(ccc4s3)OCC5)[C@H]12. The zero-order chi connectivity index (χ0) is 21.8. The van der Waals surface area contributed by atoms with E-state index < -0.39 is 14.2 Å². The molecule has 8 nitrogen and oxygen atoms in total. The van der Waals surface area contributed by atoms with Gasteiger partial charge in [0.1, 0.15) is 5.75 Å². The second-order valence-corrected chi connectivity index (χ2v) is 16.3. The highest BCUT2D eigenvalue weighted by atomic mass is 32.1. The average Bonchev–Trinajstić information content (AvgIpc) is 3.43. The van der Waals surface area contributed by atoms with Crippen LogP contribution in [0.1, 0.15) is 18.4 Å². The lowest BCUT2D eigenvalue weighted by Gasteiger charge is -2.26. The van der Waals surface area contributed by atoms with Gasteiger partial charge in [0, 0.05) is 20.1 Å². The lowest BCUT2D eigenvalue weighted by molar-refractivity contribution is 0.147. The molecule has 31 heavy (non-hydrogen) atoms. The number of urea groups is 1. The summed E-state index contributed by atoms with van der Waals surface area (Å²) in [4.78, 5) is 31.8. The van der Waals surface area contributed by atoms with Gasteiger partial charge in [-0.2, -0.15) is 0 Å². The van der Waals surface area contributed by atoms with Gasteiger partial charge in [0.2, 0.25) is 0 Å². The number of alkyl carbamates (subject to hydrolysis) is 1. The number of thiazole rings is 1. The number of hydrogen-bond acceptors (Lipinski definition) is 6. The van der Waals surface area contributed by atoms with Crippen molar-refractivity contribution in [2.24, 2.45) is 0 Å². The van der Waals surface area contributed by atoms with E-state index in [1.54, 1.807) is 4.90 Å². The maximum absolute atomic E-state index is 12.8. The van der Waals surface area contributed by atoms with Gasteiger partial charge in [-0.25, -0.2) is 14.6 Å². The molecule has 2 aliphatic heterocycles. The monoisotopic (exact) mass is 460 g/mol. The number of anilines is 1. The molecule has 10 heteroatoms. The Morgan fingerprint density at radius 1 is 1.39 bits per heavy atom. The molecule has 0 bridgehead atoms. The first-order valence-electron chi connectivity index (χ1n) is 10.9. The van der Waals surface area contributed by atoms with Crippen molar-refractivity contribution >= 4 is 46.9 Å². The molecule has 1 aliphatic carbocycles. The predicted octanol–water partition coefficient (Wildman–Crippen LogP) is 3.72. The summed E-state index contributed by atoms with van der Waals surface area (Å²) in [6.45, 7) is 7.87. The molecule has 2 aromatic rings. The van der Waals surface area contributed by atoms with Crippen LogP contribution in [0, 0.1) is 0 Å². The van der Waals surface area contributed by atoms with Crippen LogP contribution in [-0.2, 0) is 11.2 Å². The number of nitrogens with zero attached hydrogens (tertiary/aromatic N) is 2. The topological polar surface area (TPSA) is 92.8 Å². The van der Waals surface area contributed by atoms with Crippen molar-refractivity contribution in [3.8, 4) is 5.75 Å². The molecule has 3 heterocycles. The Kier molecular flexibility index (Phi) is 5.08. The quantitative estimate of drug-likeness (QED) is 0.664. The average molecular weight is 461 g/mol. The summed E-state index contributed by atoms with van der Waals surface area (Å²) in [7, 11) is -1.26. The first kappa shape index (κ1) is 20.6. The first-order valence-corrected chi connectivity index (χ1v) is 15.4. The number of carbonyl (C=O) groups excluding carboxylic acids is 2. The third-order valence-corrected chi connectivity index (χ3v) is 8.98. The molecular weight excluding hydrogens is 432 g/mol. The number of aromatic nitrogens is 1. The summed E-state index contributed by atoms with van der Waals surface area (Å²) < 4.78 is 12.1. The largest absolute Gasteiger partial charge is 0.493 e. The molecule has 2 N–H and O–H groups in total. The molecule has 1 aromatic heterocycles. The number of nitrogens with one attached hydrogen (secondary N) is 2. The molecule has 166 valence electrons. The van der Waals surface area contributed by atoms with Crippen LogP contribution in [0.5, 0.6) is 5.75 Å². The Bertz CT molecular complexity index is 1040. The van der Waals surface area contributed by atoms with Crippen LogP contribution in [0.4, 0.5) is 14.7 Å². The molecule has 0 unspecified atom stereocenters. The van der Waals surface area contributed by atoms with Crippen LogP contribution in [0.3, 0.4) is 0 Å². The van der Waals surface area contributed by atoms with Crippen molar-refractivity contribution in [3.63, 3.8) is 0 Å². The third-order valence-electron chi connectivity index (χ3n) is 6.25. The first-order chi connectivity index (χ1) is 14.8. The van der Waals surface area contributed by atoms with Gasteiger partial charge in [0.15, 0.2) is 5.13 Å². The van der Waals surface area contributed by atoms with Crippen molar-refractivity contribution in [2.75, 3.05) is 18.1 Å². The van der Waals surface area contributed by atoms with Gasteiger partial charge in [-0.3, -0.25) is 4.90 Å². The van der Waals surface area contributed by atoms with Crippen LogP contribution in [0.15, 0.2) is 12.1 Å². The summed E-state index contributed by atoms with van der Waals surface area (Å²) in [6.07, 6.45) is 2.05. The molecule has 1 saturated carbocycles. The zero-order valence-corrected chi connectivity index (χ0v) is 19.9. The van der Waals surface area contributed by atoms with Crippen LogP contribution in [0.2, 0.25) is 25.7 Å². The molecule has 0 radical (unpaired) electrons. The highest BCUT2D eigenvalue weighted by Crippen LogP contribution is 2.41. The summed E-state index contributed by atoms with van der Waals surface area (Å²) in [5.41, 5.74) is 2.03. The van der Waals surface area contributed by atoms with Gasteiger partial charge < -0.3 is 20.1 Å². The maximum atomic E-state index is 12.8. The molecule has 3 amide bonds. The number of carbonyl (C=O) groups is 2. The minimum Gasteiger partial charge on any atom is -0.493 e. The predicted molar refractivity (Wildman–Crippen MR) is 123 cm³/mol. The molecule has 2 fully saturated rings. The molecule has 5 rings (SSSR count). The normalized spacial score (nSPS) is 24.7. The van der Waals surface area contributed by atoms with Crippen LogP contribution < -0.4 is 20.3 Å². The van der Waals surface area contributed by atoms with E-state index in [9.17, 15) is 9.59 Å². The Labute approximate surface area is 186 Å². The Morgan fingerprint density at radius 3 is 3.03 bits per heavy atom. The number of amides is 3. The van der Waals surface area contributed by atoms with E-state index >= 15 is 0 Å². The lowest BCUT2D eigenvalue weighted by atomic mass is 10.1. The molecule has 3 atom stereocenters. The highest BCUT2D eigenvalue weighted by Gasteiger charge is 2.50. The van der Waals surface area contributed by atoms with E-state index in [4.69, 9.17) is 14.5 Å². The number of hydrogen-bond donors (Lipinski definition) is 2. The minimum absolute atomic E-state index is 0.000781. The smallest absolute Gasteiger partial charge is 0.407 e. The van der Waals surface area contributed by atoms with Crippen molar-refractivity contribution < 1.29 is 19.1 Å². The van der Waals surface area contributed by atoms with Crippen molar-refractivity contribution in [3.05, 3.63) is 17.7 Å². The van der Waals surface area contributed by atoms with Crippen LogP contribution >= 0.6 is 11.3 Å². The minimum atomic E-state index is -1.26. The fraction of sp³-hybridized carbons (Fsp3) is 0.571. The highest BCUT2D eigenvalue weighted by molar-refractivity contribution is 7.22. The summed E-state index contributed by atoms with van der Waals surface area (Å²) in [5, 5.41) is 6.75. The van der Waals surface area contributed by atoms with E-state index in [0.29, 0.717) is 18.3 Å². The van der Waals surface area contributed by atoms with Gasteiger partial charge in [-0.15, -0.1) is 0 Å². The van der Waals surface area contributed by atoms with Gasteiger partial charge in [-0.1, -0.05) is 31.0 Å². The van der Waals surface area contributed by atoms with E-state index in [1.165, 1.54) is 11.3 Å². The Balaban J connectivity index is 1.34. The molecular formula is C21H28N4O4SSi. The van der Waals surface area contributed by atoms with E-state index in [2.05, 4.69) is 30.3 Å². The van der Waals surface area contributed by atoms with Crippen molar-refractivity contribution in [1.29, 1.82) is 0 Å². The zero-order valence-electron chi connectivity index (χ0n) is 18.1. The summed E-state index contributed by atoms with van der Waals surface area (Å²) >= 11 is 1.51. The van der Waals surface area contributed by atoms with Gasteiger partial charge in [-0.05, 0) is 31.0 Å². The fourth-order valence-corrected chi connectivity index (χ4v) is 6.39. The third kappa shape index (κ3) is 3.87. The standard InChI is InChI=1S/C21H28N4O4SSi/c1-31(2,3)11-10-29-21(27)23-14-5-4-13-18(14)25(19(26)22-13)20-24-17-12-8-9-28-15(12)6-7-16(17)30-20/h6-7,13-14,18H,4-5,8-11H2,1-3H3,(H,22,26)(H,23,27)/t13-,14-,18-/m0/s1. The summed E-state index contributed by atoms with van der Waals surface area (Å²) in [6, 6.07) is 4.44. The second-order valence-electron chi connectivity index (χ2n) is 9.68. The Morgan fingerprint density at radius 2 is 2.23 bits per heavy atom. The van der Waals surface area contributed by atoms with E-state index in [1.807, 2.05) is 12.1 Å². The van der Waals surface area contributed by atoms with Gasteiger partial charge >= 0.3 is 12.1 Å². The molecule has 3 aliphatic rings. The number of rotatable bonds is 5. The number of fused-ring (bicyclic) bond motifs is 4. The Hall–Kier alpha value is -2.33. The van der Waals surface area contributed by atoms with E-state index in [-0.39, 0.29) is 24.2 Å². The van der Waals surface area contributed by atoms with Crippen molar-refractivity contribution in [2.45, 2.75) is 63.1 Å².